The van der Waals surface area contributed by atoms with Crippen molar-refractivity contribution in [2.24, 2.45) is 35.0 Å². The number of hydrogen-bond donors (Lipinski definition) is 20. The van der Waals surface area contributed by atoms with Crippen LogP contribution in [0.5, 0.6) is 5.75 Å². The molecule has 1 aromatic heterocycles. The number of carbonyl (C=O) groups is 19. The van der Waals surface area contributed by atoms with Gasteiger partial charge in [0, 0.05) is 57.2 Å². The van der Waals surface area contributed by atoms with Gasteiger partial charge in [0.2, 0.25) is 94.5 Å². The van der Waals surface area contributed by atoms with Gasteiger partial charge in [-0.3, -0.25) is 86.3 Å². The zero-order valence-corrected chi connectivity index (χ0v) is 65.6. The van der Waals surface area contributed by atoms with Crippen molar-refractivity contribution in [3.05, 3.63) is 48.0 Å². The SMILES string of the molecule is CC[C@H](C)[C@H](NC(=O)[C@H](CC(=O)O)NC(=O)[C@H](CC(C)C)NC(=O)CNC(=O)[C@@H]1CCCN1C(=O)CNC(=O)[C@@H](NC(=O)[C@@H]1CCCN1C(=O)[C@H](CC(=O)O)NC(=O)[C@@H]1CCCN1C(=O)[C@H](Cc1cnc[nH]1)NC(=O)[C@H](Cc1ccc(O)cc1)NC(=O)[C@@H](N)[C@@H](C)O)C(C)C)C(=O)N[C@@H](CCC(N)=O)C(=O)N[C@@H](CCC(N)=O)C(=O)O. The van der Waals surface area contributed by atoms with Crippen molar-refractivity contribution in [1.82, 2.24) is 83.2 Å². The van der Waals surface area contributed by atoms with Gasteiger partial charge in [-0.1, -0.05) is 60.1 Å². The number of likely N-dealkylation sites (tertiary alicyclic amines) is 3. The summed E-state index contributed by atoms with van der Waals surface area (Å²) in [6.07, 6.45) is -1.94. The molecular formula is C73H109N19O24. The summed E-state index contributed by atoms with van der Waals surface area (Å²) in [4.78, 5) is 265. The highest BCUT2D eigenvalue weighted by atomic mass is 16.4. The Hall–Kier alpha value is -11.9. The van der Waals surface area contributed by atoms with E-state index in [1.54, 1.807) is 34.6 Å². The number of carbonyl (C=O) groups excluding carboxylic acids is 16. The number of aliphatic carboxylic acids is 3. The van der Waals surface area contributed by atoms with E-state index >= 15 is 0 Å². The first-order valence-electron chi connectivity index (χ1n) is 38.2. The number of phenols is 1. The lowest BCUT2D eigenvalue weighted by molar-refractivity contribution is -0.147. The number of hydrogen-bond acceptors (Lipinski definition) is 23. The van der Waals surface area contributed by atoms with Crippen LogP contribution in [0.1, 0.15) is 150 Å². The number of amides is 16. The van der Waals surface area contributed by atoms with Crippen LogP contribution < -0.4 is 75.7 Å². The largest absolute Gasteiger partial charge is 0.508 e. The van der Waals surface area contributed by atoms with Crippen LogP contribution in [0.2, 0.25) is 0 Å². The average molecular weight is 1640 g/mol. The van der Waals surface area contributed by atoms with Crippen LogP contribution in [0.25, 0.3) is 0 Å². The number of nitrogens with zero attached hydrogens (tertiary/aromatic N) is 4. The maximum absolute atomic E-state index is 14.7. The van der Waals surface area contributed by atoms with Gasteiger partial charge in [-0.2, -0.15) is 0 Å². The van der Waals surface area contributed by atoms with Crippen molar-refractivity contribution in [3.8, 4) is 5.75 Å². The van der Waals surface area contributed by atoms with Gasteiger partial charge in [-0.15, -0.1) is 0 Å². The van der Waals surface area contributed by atoms with Gasteiger partial charge in [0.05, 0.1) is 38.4 Å². The van der Waals surface area contributed by atoms with Crippen LogP contribution >= 0.6 is 0 Å². The second-order valence-corrected chi connectivity index (χ2v) is 29.7. The monoisotopic (exact) mass is 1640 g/mol. The van der Waals surface area contributed by atoms with Gasteiger partial charge in [0.1, 0.15) is 84.3 Å². The molecule has 3 aliphatic rings. The highest BCUT2D eigenvalue weighted by Gasteiger charge is 2.45. The first kappa shape index (κ1) is 94.7. The highest BCUT2D eigenvalue weighted by Crippen LogP contribution is 2.25. The number of imidazole rings is 1. The molecule has 15 atom stereocenters. The van der Waals surface area contributed by atoms with Crippen LogP contribution in [0.4, 0.5) is 0 Å². The molecule has 0 aliphatic carbocycles. The van der Waals surface area contributed by atoms with Crippen molar-refractivity contribution in [3.63, 3.8) is 0 Å². The molecule has 23 N–H and O–H groups in total. The van der Waals surface area contributed by atoms with Crippen LogP contribution in [0.3, 0.4) is 0 Å². The summed E-state index contributed by atoms with van der Waals surface area (Å²) in [7, 11) is 0. The Morgan fingerprint density at radius 1 is 0.517 bits per heavy atom. The Morgan fingerprint density at radius 3 is 1.53 bits per heavy atom. The van der Waals surface area contributed by atoms with Crippen LogP contribution in [0, 0.1) is 17.8 Å². The molecule has 43 nitrogen and oxygen atoms in total. The second kappa shape index (κ2) is 45.2. The number of aromatic amines is 1. The first-order chi connectivity index (χ1) is 54.6. The molecular weight excluding hydrogens is 1530 g/mol. The topological polar surface area (TPSA) is 674 Å². The van der Waals surface area contributed by atoms with Crippen molar-refractivity contribution in [2.75, 3.05) is 32.7 Å². The summed E-state index contributed by atoms with van der Waals surface area (Å²) in [5.74, 6) is -21.5. The molecule has 0 spiro atoms. The number of rotatable bonds is 46. The number of carboxylic acid groups (broad SMARTS) is 3. The lowest BCUT2D eigenvalue weighted by Crippen LogP contribution is -2.60. The van der Waals surface area contributed by atoms with Crippen molar-refractivity contribution in [1.29, 1.82) is 0 Å². The lowest BCUT2D eigenvalue weighted by atomic mass is 9.96. The fourth-order valence-electron chi connectivity index (χ4n) is 13.3. The van der Waals surface area contributed by atoms with Gasteiger partial charge in [-0.05, 0) is 100 Å². The molecule has 640 valence electrons. The van der Waals surface area contributed by atoms with Crippen LogP contribution in [-0.4, -0.2) is 280 Å². The molecule has 2 aromatic rings. The highest BCUT2D eigenvalue weighted by molar-refractivity contribution is 6.01. The molecule has 4 heterocycles. The number of aliphatic hydroxyl groups is 1. The molecule has 116 heavy (non-hydrogen) atoms. The van der Waals surface area contributed by atoms with Gasteiger partial charge in [-0.25, -0.2) is 9.78 Å². The minimum atomic E-state index is -1.92. The third-order valence-corrected chi connectivity index (χ3v) is 19.8. The minimum Gasteiger partial charge on any atom is -0.508 e. The quantitative estimate of drug-likeness (QED) is 0.0293. The smallest absolute Gasteiger partial charge is 0.326 e. The third-order valence-electron chi connectivity index (χ3n) is 19.8. The number of nitrogens with two attached hydrogens (primary N) is 3. The van der Waals surface area contributed by atoms with E-state index in [0.717, 1.165) is 14.7 Å². The zero-order chi connectivity index (χ0) is 86.5. The molecule has 3 aliphatic heterocycles. The van der Waals surface area contributed by atoms with E-state index in [1.165, 1.54) is 50.6 Å². The van der Waals surface area contributed by atoms with Gasteiger partial charge >= 0.3 is 17.9 Å². The molecule has 0 unspecified atom stereocenters. The van der Waals surface area contributed by atoms with E-state index in [9.17, 15) is 117 Å². The van der Waals surface area contributed by atoms with Crippen molar-refractivity contribution in [2.45, 2.75) is 236 Å². The summed E-state index contributed by atoms with van der Waals surface area (Å²) in [6.45, 7) is 9.28. The molecule has 16 amide bonds. The average Bonchev–Trinajstić information content (AvgIpc) is 1.67. The number of phenolic OH excluding ortho intramolecular Hbond substituents is 1. The number of aromatic nitrogens is 2. The summed E-state index contributed by atoms with van der Waals surface area (Å²) in [5.41, 5.74) is 17.2. The zero-order valence-electron chi connectivity index (χ0n) is 65.6. The number of primary amides is 2. The first-order valence-corrected chi connectivity index (χ1v) is 38.2. The summed E-state index contributed by atoms with van der Waals surface area (Å²) in [6, 6.07) is -13.9. The standard InChI is InChI=1S/C73H109N19O24/c1-8-37(6)60(70(112)82-42(19-21-52(74)95)61(103)83-43(73(115)116)20-22-53(75)96)89-64(106)46(29-56(99)100)84-62(104)44(26-35(2)3)81-54(97)32-78-65(107)49-12-9-23-90(49)55(98)33-79-69(111)59(36(4)5)88-67(109)51-14-11-25-92(51)72(114)48(30-57(101)102)87-66(108)50-13-10-24-91(50)71(113)47(28-40-31-77-34-80-40)86-63(105)45(85-68(110)58(76)38(7)93)27-39-15-17-41(94)18-16-39/h15-18,31,34-38,42-51,58-60,93-94H,8-14,19-30,32-33,76H2,1-7H3,(H2,74,95)(H2,75,96)(H,77,80)(H,78,107)(H,79,111)(H,81,97)(H,82,112)(H,83,103)(H,84,104)(H,85,110)(H,86,105)(H,87,108)(H,88,109)(H,89,106)(H,99,100)(H,101,102)(H,115,116)/t37-,38+,42-,43-,44-,45-,46-,47-,48-,49-,50-,51-,58-,59-,60-/m0/s1. The Kier molecular flexibility index (Phi) is 36.9. The Labute approximate surface area is 667 Å². The molecule has 0 saturated carbocycles. The Morgan fingerprint density at radius 2 is 1.01 bits per heavy atom. The molecule has 0 bridgehead atoms. The number of benzene rings is 1. The summed E-state index contributed by atoms with van der Waals surface area (Å²) >= 11 is 0. The van der Waals surface area contributed by atoms with Gasteiger partial charge in [0.15, 0.2) is 0 Å². The van der Waals surface area contributed by atoms with E-state index in [1.807, 2.05) is 0 Å². The molecule has 3 saturated heterocycles. The number of aliphatic hydroxyl groups excluding tert-OH is 1. The van der Waals surface area contributed by atoms with Gasteiger partial charge < -0.3 is 121 Å². The molecule has 0 radical (unpaired) electrons. The van der Waals surface area contributed by atoms with Crippen LogP contribution in [0.15, 0.2) is 36.8 Å². The normalized spacial score (nSPS) is 18.3. The van der Waals surface area contributed by atoms with Crippen molar-refractivity contribution >= 4 is 112 Å². The summed E-state index contributed by atoms with van der Waals surface area (Å²) in [5, 5.41) is 76.4. The number of carboxylic acids is 3. The fraction of sp³-hybridized carbons (Fsp3) is 0.616. The number of aromatic hydroxyl groups is 1. The van der Waals surface area contributed by atoms with E-state index < -0.39 is 261 Å². The predicted molar refractivity (Wildman–Crippen MR) is 404 cm³/mol. The Balaban J connectivity index is 1.20. The van der Waals surface area contributed by atoms with Crippen LogP contribution in [-0.2, 0) is 104 Å². The molecule has 43 heteroatoms. The predicted octanol–water partition coefficient (Wildman–Crippen LogP) is -6.51. The molecule has 3 fully saturated rings. The maximum atomic E-state index is 14.7. The molecule has 5 rings (SSSR count). The van der Waals surface area contributed by atoms with Gasteiger partial charge in [0.25, 0.3) is 0 Å². The number of nitrogens with one attached hydrogen (secondary N) is 12. The Bertz CT molecular complexity index is 3880. The number of H-pyrrole nitrogens is 1. The molecule has 1 aromatic carbocycles. The minimum absolute atomic E-state index is 0.0193. The lowest BCUT2D eigenvalue weighted by Gasteiger charge is -2.32. The third kappa shape index (κ3) is 29.2. The maximum Gasteiger partial charge on any atom is 0.326 e. The van der Waals surface area contributed by atoms with E-state index in [-0.39, 0.29) is 89.1 Å². The second-order valence-electron chi connectivity index (χ2n) is 29.7. The van der Waals surface area contributed by atoms with Crippen molar-refractivity contribution < 1.29 is 117 Å². The van der Waals surface area contributed by atoms with E-state index in [4.69, 9.17) is 17.2 Å². The summed E-state index contributed by atoms with van der Waals surface area (Å²) < 4.78 is 0. The van der Waals surface area contributed by atoms with E-state index in [0.29, 0.717) is 17.7 Å². The van der Waals surface area contributed by atoms with E-state index in [2.05, 4.69) is 68.5 Å². The fourth-order valence-corrected chi connectivity index (χ4v) is 13.3.